The van der Waals surface area contributed by atoms with Crippen LogP contribution in [0.3, 0.4) is 0 Å². The topological polar surface area (TPSA) is 75.0 Å². The number of nitrogens with zero attached hydrogens (tertiary/aromatic N) is 1. The first-order valence-electron chi connectivity index (χ1n) is 14.5. The van der Waals surface area contributed by atoms with E-state index in [0.29, 0.717) is 19.5 Å². The largest absolute Gasteiger partial charge is 0.355 e. The Kier molecular flexibility index (Phi) is 11.1. The number of hydrogen-bond acceptors (Lipinski definition) is 3. The van der Waals surface area contributed by atoms with Crippen LogP contribution in [0.2, 0.25) is 0 Å². The molecule has 0 bridgehead atoms. The van der Waals surface area contributed by atoms with Crippen molar-refractivity contribution in [2.75, 3.05) is 31.6 Å². The van der Waals surface area contributed by atoms with Crippen molar-refractivity contribution >= 4 is 17.3 Å². The molecule has 5 heteroatoms. The minimum atomic E-state index is -0.0604. The molecule has 210 valence electrons. The second-order valence-corrected chi connectivity index (χ2v) is 11.6. The van der Waals surface area contributed by atoms with Gasteiger partial charge in [0.1, 0.15) is 5.69 Å². The number of carbonyl (C=O) groups is 1. The van der Waals surface area contributed by atoms with Crippen molar-refractivity contribution in [2.45, 2.75) is 70.6 Å². The quantitative estimate of drug-likeness (QED) is 0.169. The lowest BCUT2D eigenvalue weighted by Gasteiger charge is -2.27. The van der Waals surface area contributed by atoms with Gasteiger partial charge < -0.3 is 21.3 Å². The maximum Gasteiger partial charge on any atom is 0.220 e. The predicted octanol–water partition coefficient (Wildman–Crippen LogP) is 5.61. The third-order valence-corrected chi connectivity index (χ3v) is 7.79. The summed E-state index contributed by atoms with van der Waals surface area (Å²) in [6.45, 7) is 11.2. The highest BCUT2D eigenvalue weighted by molar-refractivity contribution is 5.75. The molecule has 5 N–H and O–H groups in total. The van der Waals surface area contributed by atoms with Crippen molar-refractivity contribution in [3.8, 4) is 0 Å². The summed E-state index contributed by atoms with van der Waals surface area (Å²) < 4.78 is 0. The summed E-state index contributed by atoms with van der Waals surface area (Å²) in [5, 5.41) is 5.05. The number of rotatable bonds is 14. The van der Waals surface area contributed by atoms with Gasteiger partial charge in [0.05, 0.1) is 7.05 Å². The predicted molar refractivity (Wildman–Crippen MR) is 165 cm³/mol. The van der Waals surface area contributed by atoms with E-state index in [2.05, 4.69) is 129 Å². The van der Waals surface area contributed by atoms with Crippen molar-refractivity contribution in [1.82, 2.24) is 5.32 Å². The number of nitrogens with one attached hydrogen (secondary N) is 1. The molecule has 2 aromatic rings. The minimum absolute atomic E-state index is 0.0604. The minimum Gasteiger partial charge on any atom is -0.355 e. The molecule has 0 aliphatic carbocycles. The maximum atomic E-state index is 11.9. The van der Waals surface area contributed by atoms with Crippen molar-refractivity contribution in [3.63, 3.8) is 0 Å². The van der Waals surface area contributed by atoms with E-state index < -0.39 is 0 Å². The van der Waals surface area contributed by atoms with Gasteiger partial charge in [-0.05, 0) is 48.4 Å². The number of anilines is 1. The SMILES string of the molecule is C[NH2+]c1ccccc1C(C)(C)C/C=C/C=C/C=C1/N(CCCCCC(=O)NCCN)c2ccccc2C1(C)C. The second kappa shape index (κ2) is 14.3. The summed E-state index contributed by atoms with van der Waals surface area (Å²) in [4.78, 5) is 14.3. The van der Waals surface area contributed by atoms with Crippen LogP contribution in [0.4, 0.5) is 11.4 Å². The van der Waals surface area contributed by atoms with Crippen molar-refractivity contribution in [3.05, 3.63) is 95.7 Å². The van der Waals surface area contributed by atoms with Gasteiger partial charge in [-0.1, -0.05) is 94.8 Å². The number of fused-ring (bicyclic) bond motifs is 1. The number of para-hydroxylation sites is 2. The van der Waals surface area contributed by atoms with Gasteiger partial charge in [-0.3, -0.25) is 4.79 Å². The Morgan fingerprint density at radius 1 is 1.03 bits per heavy atom. The van der Waals surface area contributed by atoms with Crippen LogP contribution in [-0.2, 0) is 15.6 Å². The van der Waals surface area contributed by atoms with Gasteiger partial charge in [-0.25, -0.2) is 0 Å². The summed E-state index contributed by atoms with van der Waals surface area (Å²) in [5.41, 5.74) is 12.2. The molecule has 39 heavy (non-hydrogen) atoms. The number of benzene rings is 2. The maximum absolute atomic E-state index is 11.9. The third-order valence-electron chi connectivity index (χ3n) is 7.79. The number of carbonyl (C=O) groups excluding carboxylic acids is 1. The van der Waals surface area contributed by atoms with E-state index in [-0.39, 0.29) is 16.7 Å². The zero-order chi connectivity index (χ0) is 28.3. The van der Waals surface area contributed by atoms with E-state index >= 15 is 0 Å². The van der Waals surface area contributed by atoms with Gasteiger partial charge in [0.15, 0.2) is 0 Å². The van der Waals surface area contributed by atoms with Gasteiger partial charge in [-0.2, -0.15) is 0 Å². The number of amides is 1. The zero-order valence-electron chi connectivity index (χ0n) is 24.7. The van der Waals surface area contributed by atoms with Crippen molar-refractivity contribution in [1.29, 1.82) is 0 Å². The fourth-order valence-electron chi connectivity index (χ4n) is 5.54. The molecule has 0 radical (unpaired) electrons. The van der Waals surface area contributed by atoms with Gasteiger partial charge in [0.2, 0.25) is 5.91 Å². The molecule has 1 heterocycles. The lowest BCUT2D eigenvalue weighted by Crippen LogP contribution is -2.73. The monoisotopic (exact) mass is 529 g/mol. The summed E-state index contributed by atoms with van der Waals surface area (Å²) in [7, 11) is 2.11. The van der Waals surface area contributed by atoms with Crippen LogP contribution in [0.5, 0.6) is 0 Å². The van der Waals surface area contributed by atoms with Crippen LogP contribution in [-0.4, -0.2) is 32.6 Å². The van der Waals surface area contributed by atoms with Crippen molar-refractivity contribution < 1.29 is 10.1 Å². The number of allylic oxidation sites excluding steroid dienone is 6. The summed E-state index contributed by atoms with van der Waals surface area (Å²) in [6, 6.07) is 17.4. The van der Waals surface area contributed by atoms with Crippen LogP contribution < -0.4 is 21.3 Å². The van der Waals surface area contributed by atoms with Crippen LogP contribution in [0, 0.1) is 0 Å². The van der Waals surface area contributed by atoms with Gasteiger partial charge in [-0.15, -0.1) is 0 Å². The molecule has 0 unspecified atom stereocenters. The van der Waals surface area contributed by atoms with E-state index in [1.807, 2.05) is 0 Å². The van der Waals surface area contributed by atoms with Gasteiger partial charge >= 0.3 is 0 Å². The van der Waals surface area contributed by atoms with E-state index in [4.69, 9.17) is 5.73 Å². The number of quaternary nitrogens is 1. The first-order valence-corrected chi connectivity index (χ1v) is 14.5. The molecule has 0 spiro atoms. The molecule has 2 aromatic carbocycles. The Labute approximate surface area is 236 Å². The van der Waals surface area contributed by atoms with E-state index in [1.165, 1.54) is 28.2 Å². The number of hydrogen-bond donors (Lipinski definition) is 3. The first-order chi connectivity index (χ1) is 18.7. The standard InChI is InChI=1S/C34H48N4O/c1-33(2,27-17-11-13-19-29(27)36-5)23-15-7-6-9-21-31-34(3,4)28-18-12-14-20-30(28)38(31)26-16-8-10-22-32(39)37-25-24-35/h6-7,9,11-15,17-21,36H,8,10,16,22-26,35H2,1-5H3,(H,37,39)/p+1/b9-6+,15-7+,31-21+. The molecule has 1 amide bonds. The van der Waals surface area contributed by atoms with Crippen LogP contribution in [0.1, 0.15) is 70.9 Å². The fourth-order valence-corrected chi connectivity index (χ4v) is 5.54. The molecule has 0 atom stereocenters. The second-order valence-electron chi connectivity index (χ2n) is 11.6. The zero-order valence-corrected chi connectivity index (χ0v) is 24.7. The van der Waals surface area contributed by atoms with E-state index in [0.717, 1.165) is 32.2 Å². The average Bonchev–Trinajstić information content (AvgIpc) is 3.14. The summed E-state index contributed by atoms with van der Waals surface area (Å²) in [6.07, 6.45) is 15.6. The molecule has 0 saturated heterocycles. The highest BCUT2D eigenvalue weighted by atomic mass is 16.1. The molecule has 0 fully saturated rings. The Morgan fingerprint density at radius 3 is 2.54 bits per heavy atom. The highest BCUT2D eigenvalue weighted by Gasteiger charge is 2.39. The Morgan fingerprint density at radius 2 is 1.77 bits per heavy atom. The molecule has 1 aliphatic heterocycles. The molecule has 0 aromatic heterocycles. The lowest BCUT2D eigenvalue weighted by atomic mass is 9.80. The average molecular weight is 530 g/mol. The third kappa shape index (κ3) is 7.93. The Bertz CT molecular complexity index is 1180. The smallest absolute Gasteiger partial charge is 0.220 e. The lowest BCUT2D eigenvalue weighted by molar-refractivity contribution is -0.540. The summed E-state index contributed by atoms with van der Waals surface area (Å²) >= 11 is 0. The first kappa shape index (κ1) is 30.4. The van der Waals surface area contributed by atoms with Gasteiger partial charge in [0, 0.05) is 48.4 Å². The van der Waals surface area contributed by atoms with E-state index in [1.54, 1.807) is 0 Å². The molecular formula is C34H49N4O+. The van der Waals surface area contributed by atoms with Crippen LogP contribution >= 0.6 is 0 Å². The Hall–Kier alpha value is -3.15. The van der Waals surface area contributed by atoms with E-state index in [9.17, 15) is 4.79 Å². The number of nitrogens with two attached hydrogens (primary N) is 2. The normalized spacial score (nSPS) is 15.9. The highest BCUT2D eigenvalue weighted by Crippen LogP contribution is 2.47. The molecule has 5 nitrogen and oxygen atoms in total. The fraction of sp³-hybridized carbons (Fsp3) is 0.441. The van der Waals surface area contributed by atoms with Crippen molar-refractivity contribution in [2.24, 2.45) is 5.73 Å². The number of unbranched alkanes of at least 4 members (excludes halogenated alkanes) is 2. The molecule has 1 aliphatic rings. The van der Waals surface area contributed by atoms with Crippen LogP contribution in [0.15, 0.2) is 84.6 Å². The van der Waals surface area contributed by atoms with Gasteiger partial charge in [0.25, 0.3) is 0 Å². The Balaban J connectivity index is 1.64. The summed E-state index contributed by atoms with van der Waals surface area (Å²) in [5.74, 6) is 0.100. The molecule has 3 rings (SSSR count). The molecule has 0 saturated carbocycles. The van der Waals surface area contributed by atoms with Crippen LogP contribution in [0.25, 0.3) is 0 Å². The molecular weight excluding hydrogens is 480 g/mol.